The quantitative estimate of drug-likeness (QED) is 0.322. The zero-order valence-electron chi connectivity index (χ0n) is 16.8. The number of aryl methyl sites for hydroxylation is 1. The Bertz CT molecular complexity index is 1070. The van der Waals surface area contributed by atoms with E-state index < -0.39 is 51.7 Å². The second-order valence-electron chi connectivity index (χ2n) is 6.47. The van der Waals surface area contributed by atoms with E-state index >= 15 is 0 Å². The molecule has 1 atom stereocenters. The molecule has 0 bridgehead atoms. The van der Waals surface area contributed by atoms with Gasteiger partial charge in [0.25, 0.3) is 15.6 Å². The van der Waals surface area contributed by atoms with Crippen LogP contribution in [0.3, 0.4) is 0 Å². The van der Waals surface area contributed by atoms with Crippen LogP contribution in [0.25, 0.3) is 0 Å². The summed E-state index contributed by atoms with van der Waals surface area (Å²) in [7, 11) is -4.33. The summed E-state index contributed by atoms with van der Waals surface area (Å²) < 4.78 is 84.5. The summed E-state index contributed by atoms with van der Waals surface area (Å²) in [6, 6.07) is 6.28. The fraction of sp³-hybridized carbons (Fsp3) is 0.263. The molecule has 0 radical (unpaired) electrons. The van der Waals surface area contributed by atoms with Gasteiger partial charge >= 0.3 is 18.2 Å². The van der Waals surface area contributed by atoms with Crippen molar-refractivity contribution < 1.29 is 40.3 Å². The van der Waals surface area contributed by atoms with Crippen molar-refractivity contribution in [2.45, 2.75) is 30.5 Å². The summed E-state index contributed by atoms with van der Waals surface area (Å²) in [6.45, 7) is 2.50. The van der Waals surface area contributed by atoms with Crippen molar-refractivity contribution in [2.75, 3.05) is 6.61 Å². The minimum absolute atomic E-state index is 0.269. The molecular formula is C19H19F4N3O5S. The van der Waals surface area contributed by atoms with Crippen LogP contribution in [0.2, 0.25) is 0 Å². The van der Waals surface area contributed by atoms with Gasteiger partial charge in [-0.25, -0.2) is 22.4 Å². The van der Waals surface area contributed by atoms with E-state index in [1.165, 1.54) is 36.5 Å². The maximum Gasteiger partial charge on any atom is 0.426 e. The first-order valence-corrected chi connectivity index (χ1v) is 10.5. The van der Waals surface area contributed by atoms with Crippen molar-refractivity contribution in [1.82, 2.24) is 15.6 Å². The molecule has 0 saturated carbocycles. The van der Waals surface area contributed by atoms with Gasteiger partial charge in [-0.3, -0.25) is 5.43 Å². The van der Waals surface area contributed by atoms with Crippen LogP contribution >= 0.6 is 0 Å². The largest absolute Gasteiger partial charge is 0.464 e. The SMILES string of the molecule is CCOC(=O)[C@@](NC(=O)NNS(=O)(=O)c1ccc(C)cc1)(c1ccc(F)cc1)C(F)(F)F. The Labute approximate surface area is 181 Å². The van der Waals surface area contributed by atoms with Crippen LogP contribution in [-0.4, -0.2) is 33.2 Å². The number of nitrogens with one attached hydrogen (secondary N) is 3. The second kappa shape index (κ2) is 9.53. The van der Waals surface area contributed by atoms with Crippen molar-refractivity contribution in [1.29, 1.82) is 0 Å². The third kappa shape index (κ3) is 5.34. The van der Waals surface area contributed by atoms with E-state index in [0.29, 0.717) is 24.3 Å². The summed E-state index contributed by atoms with van der Waals surface area (Å²) in [6.07, 6.45) is -5.44. The number of hydrogen-bond acceptors (Lipinski definition) is 5. The topological polar surface area (TPSA) is 114 Å². The molecule has 8 nitrogen and oxygen atoms in total. The third-order valence-corrected chi connectivity index (χ3v) is 5.48. The number of hydrazine groups is 1. The van der Waals surface area contributed by atoms with Crippen molar-refractivity contribution >= 4 is 22.0 Å². The van der Waals surface area contributed by atoms with Crippen LogP contribution in [0.1, 0.15) is 18.1 Å². The number of ether oxygens (including phenoxy) is 1. The van der Waals surface area contributed by atoms with E-state index in [9.17, 15) is 35.6 Å². The lowest BCUT2D eigenvalue weighted by Gasteiger charge is -2.34. The molecule has 0 spiro atoms. The van der Waals surface area contributed by atoms with Crippen LogP contribution < -0.4 is 15.6 Å². The molecule has 0 aliphatic rings. The second-order valence-corrected chi connectivity index (χ2v) is 8.16. The van der Waals surface area contributed by atoms with Gasteiger partial charge in [-0.15, -0.1) is 4.83 Å². The number of halogens is 4. The molecule has 2 rings (SSSR count). The Hall–Kier alpha value is -3.19. The smallest absolute Gasteiger partial charge is 0.426 e. The van der Waals surface area contributed by atoms with E-state index in [2.05, 4.69) is 4.74 Å². The predicted octanol–water partition coefficient (Wildman–Crippen LogP) is 2.65. The maximum absolute atomic E-state index is 14.1. The van der Waals surface area contributed by atoms with Gasteiger partial charge in [0.1, 0.15) is 5.82 Å². The molecule has 13 heteroatoms. The molecule has 3 N–H and O–H groups in total. The van der Waals surface area contributed by atoms with Gasteiger partial charge in [0.2, 0.25) is 0 Å². The highest BCUT2D eigenvalue weighted by Crippen LogP contribution is 2.40. The number of esters is 1. The molecule has 0 fully saturated rings. The molecule has 32 heavy (non-hydrogen) atoms. The maximum atomic E-state index is 14.1. The molecule has 0 aromatic heterocycles. The monoisotopic (exact) mass is 477 g/mol. The Kier molecular flexibility index (Phi) is 7.46. The van der Waals surface area contributed by atoms with Gasteiger partial charge < -0.3 is 10.1 Å². The summed E-state index contributed by atoms with van der Waals surface area (Å²) in [5.74, 6) is -2.78. The highest BCUT2D eigenvalue weighted by Gasteiger charge is 2.64. The lowest BCUT2D eigenvalue weighted by atomic mass is 9.89. The average Bonchev–Trinajstić information content (AvgIpc) is 2.71. The van der Waals surface area contributed by atoms with E-state index in [4.69, 9.17) is 0 Å². The van der Waals surface area contributed by atoms with Crippen LogP contribution in [-0.2, 0) is 25.1 Å². The number of amides is 2. The number of carbonyl (C=O) groups is 2. The number of hydrogen-bond donors (Lipinski definition) is 3. The summed E-state index contributed by atoms with van der Waals surface area (Å²) in [5, 5.41) is 1.43. The molecule has 2 amide bonds. The fourth-order valence-electron chi connectivity index (χ4n) is 2.62. The number of rotatable bonds is 7. The van der Waals surface area contributed by atoms with Crippen LogP contribution in [0.4, 0.5) is 22.4 Å². The van der Waals surface area contributed by atoms with Crippen molar-refractivity contribution in [3.8, 4) is 0 Å². The minimum atomic E-state index is -5.44. The lowest BCUT2D eigenvalue weighted by molar-refractivity contribution is -0.214. The average molecular weight is 477 g/mol. The zero-order chi connectivity index (χ0) is 24.2. The highest BCUT2D eigenvalue weighted by molar-refractivity contribution is 7.89. The van der Waals surface area contributed by atoms with Crippen molar-refractivity contribution in [3.05, 3.63) is 65.5 Å². The molecule has 0 heterocycles. The first-order valence-electron chi connectivity index (χ1n) is 9.00. The predicted molar refractivity (Wildman–Crippen MR) is 104 cm³/mol. The van der Waals surface area contributed by atoms with Gasteiger partial charge in [0, 0.05) is 0 Å². The zero-order valence-corrected chi connectivity index (χ0v) is 17.6. The number of benzene rings is 2. The number of carbonyl (C=O) groups excluding carboxylic acids is 2. The molecule has 2 aromatic carbocycles. The van der Waals surface area contributed by atoms with E-state index in [0.717, 1.165) is 5.56 Å². The van der Waals surface area contributed by atoms with Gasteiger partial charge in [0.05, 0.1) is 11.5 Å². The fourth-order valence-corrected chi connectivity index (χ4v) is 3.46. The molecular weight excluding hydrogens is 458 g/mol. The molecule has 0 aliphatic heterocycles. The van der Waals surface area contributed by atoms with E-state index in [-0.39, 0.29) is 4.90 Å². The Morgan fingerprint density at radius 1 is 1.00 bits per heavy atom. The van der Waals surface area contributed by atoms with Crippen LogP contribution in [0, 0.1) is 12.7 Å². The van der Waals surface area contributed by atoms with Crippen LogP contribution in [0.5, 0.6) is 0 Å². The normalized spacial score (nSPS) is 13.7. The number of sulfonamides is 1. The minimum Gasteiger partial charge on any atom is -0.464 e. The van der Waals surface area contributed by atoms with Gasteiger partial charge in [-0.05, 0) is 43.7 Å². The molecule has 0 aliphatic carbocycles. The number of alkyl halides is 3. The van der Waals surface area contributed by atoms with Crippen LogP contribution in [0.15, 0.2) is 53.4 Å². The Balaban J connectivity index is 2.36. The van der Waals surface area contributed by atoms with E-state index in [1.54, 1.807) is 17.2 Å². The first kappa shape index (κ1) is 25.1. The Morgan fingerprint density at radius 2 is 1.56 bits per heavy atom. The summed E-state index contributed by atoms with van der Waals surface area (Å²) >= 11 is 0. The standard InChI is InChI=1S/C19H19F4N3O5S/c1-3-31-16(27)18(19(21,22)23,13-6-8-14(20)9-7-13)24-17(28)25-26-32(29,30)15-10-4-12(2)5-11-15/h4-11,26H,3H2,1-2H3,(H2,24,25,28)/t18-/m0/s1. The molecule has 0 saturated heterocycles. The first-order chi connectivity index (χ1) is 14.8. The highest BCUT2D eigenvalue weighted by atomic mass is 32.2. The molecule has 0 unspecified atom stereocenters. The van der Waals surface area contributed by atoms with Gasteiger partial charge in [-0.2, -0.15) is 13.2 Å². The summed E-state index contributed by atoms with van der Waals surface area (Å²) in [4.78, 5) is 26.0. The number of urea groups is 1. The summed E-state index contributed by atoms with van der Waals surface area (Å²) in [5.41, 5.74) is -2.27. The van der Waals surface area contributed by atoms with Gasteiger partial charge in [0.15, 0.2) is 0 Å². The molecule has 2 aromatic rings. The molecule has 174 valence electrons. The van der Waals surface area contributed by atoms with Gasteiger partial charge in [-0.1, -0.05) is 29.8 Å². The van der Waals surface area contributed by atoms with Crippen molar-refractivity contribution in [2.24, 2.45) is 0 Å². The van der Waals surface area contributed by atoms with E-state index in [1.807, 2.05) is 0 Å². The third-order valence-electron chi connectivity index (χ3n) is 4.22. The lowest BCUT2D eigenvalue weighted by Crippen LogP contribution is -2.64. The Morgan fingerprint density at radius 3 is 2.06 bits per heavy atom. The van der Waals surface area contributed by atoms with Crippen molar-refractivity contribution in [3.63, 3.8) is 0 Å².